The second-order valence-corrected chi connectivity index (χ2v) is 6.78. The maximum absolute atomic E-state index is 13.3. The van der Waals surface area contributed by atoms with Gasteiger partial charge in [-0.3, -0.25) is 0 Å². The molecule has 1 unspecified atom stereocenters. The van der Waals surface area contributed by atoms with Crippen LogP contribution >= 0.6 is 11.6 Å². The normalized spacial score (nSPS) is 27.6. The molecule has 3 N–H and O–H groups in total. The molecule has 2 rings (SSSR count). The van der Waals surface area contributed by atoms with E-state index in [0.29, 0.717) is 12.1 Å². The Morgan fingerprint density at radius 2 is 2.10 bits per heavy atom. The summed E-state index contributed by atoms with van der Waals surface area (Å²) < 4.78 is 13.3. The lowest BCUT2D eigenvalue weighted by atomic mass is 9.65. The first-order chi connectivity index (χ1) is 10.0. The summed E-state index contributed by atoms with van der Waals surface area (Å²) in [5.74, 6) is 0.291. The van der Waals surface area contributed by atoms with Gasteiger partial charge in [0, 0.05) is 12.0 Å². The summed E-state index contributed by atoms with van der Waals surface area (Å²) in [7, 11) is 0. The Morgan fingerprint density at radius 1 is 1.43 bits per heavy atom. The molecule has 0 bridgehead atoms. The molecule has 1 aromatic rings. The van der Waals surface area contributed by atoms with Gasteiger partial charge in [0.15, 0.2) is 0 Å². The number of halogens is 2. The number of aliphatic hydroxyl groups excluding tert-OH is 1. The van der Waals surface area contributed by atoms with E-state index in [9.17, 15) is 9.50 Å². The van der Waals surface area contributed by atoms with Crippen LogP contribution in [0.25, 0.3) is 0 Å². The average molecular weight is 314 g/mol. The van der Waals surface area contributed by atoms with Crippen LogP contribution < -0.4 is 5.73 Å². The first-order valence-corrected chi connectivity index (χ1v) is 8.23. The van der Waals surface area contributed by atoms with Gasteiger partial charge in [0.25, 0.3) is 0 Å². The van der Waals surface area contributed by atoms with Gasteiger partial charge in [0.2, 0.25) is 0 Å². The maximum atomic E-state index is 13.3. The van der Waals surface area contributed by atoms with Gasteiger partial charge in [-0.2, -0.15) is 0 Å². The molecule has 1 aliphatic rings. The molecular weight excluding hydrogens is 289 g/mol. The number of hydrogen-bond donors (Lipinski definition) is 2. The van der Waals surface area contributed by atoms with Gasteiger partial charge < -0.3 is 10.8 Å². The third-order valence-electron chi connectivity index (χ3n) is 5.04. The molecule has 1 atom stereocenters. The van der Waals surface area contributed by atoms with E-state index < -0.39 is 11.9 Å². The summed E-state index contributed by atoms with van der Waals surface area (Å²) in [4.78, 5) is 0. The average Bonchev–Trinajstić information content (AvgIpc) is 2.51. The highest BCUT2D eigenvalue weighted by molar-refractivity contribution is 6.30. The Morgan fingerprint density at radius 3 is 2.62 bits per heavy atom. The lowest BCUT2D eigenvalue weighted by Gasteiger charge is -2.43. The van der Waals surface area contributed by atoms with E-state index in [0.717, 1.165) is 31.6 Å². The third-order valence-corrected chi connectivity index (χ3v) is 5.33. The number of nitrogens with two attached hydrogens (primary N) is 1. The Kier molecular flexibility index (Phi) is 5.64. The van der Waals surface area contributed by atoms with Crippen LogP contribution in [0.4, 0.5) is 4.39 Å². The highest BCUT2D eigenvalue weighted by Crippen LogP contribution is 2.48. The van der Waals surface area contributed by atoms with Gasteiger partial charge in [0.1, 0.15) is 5.82 Å². The van der Waals surface area contributed by atoms with Crippen molar-refractivity contribution in [2.24, 2.45) is 17.1 Å². The molecule has 0 amide bonds. The SMILES string of the molecule is CCCC1CCC(CN)(C(O)c2ccc(F)c(Cl)c2)CC1. The van der Waals surface area contributed by atoms with Gasteiger partial charge in [-0.1, -0.05) is 37.4 Å². The van der Waals surface area contributed by atoms with Gasteiger partial charge in [-0.25, -0.2) is 4.39 Å². The fourth-order valence-electron chi connectivity index (χ4n) is 3.57. The van der Waals surface area contributed by atoms with E-state index in [4.69, 9.17) is 17.3 Å². The van der Waals surface area contributed by atoms with Crippen LogP contribution in [-0.2, 0) is 0 Å². The Balaban J connectivity index is 2.15. The molecule has 4 heteroatoms. The summed E-state index contributed by atoms with van der Waals surface area (Å²) in [5, 5.41) is 10.8. The molecular formula is C17H25ClFNO. The monoisotopic (exact) mass is 313 g/mol. The Hall–Kier alpha value is -0.640. The van der Waals surface area contributed by atoms with E-state index in [1.54, 1.807) is 6.07 Å². The topological polar surface area (TPSA) is 46.2 Å². The molecule has 0 saturated heterocycles. The van der Waals surface area contributed by atoms with Crippen LogP contribution in [0, 0.1) is 17.2 Å². The van der Waals surface area contributed by atoms with Crippen molar-refractivity contribution in [3.05, 3.63) is 34.6 Å². The minimum atomic E-state index is -0.678. The van der Waals surface area contributed by atoms with Gasteiger partial charge >= 0.3 is 0 Å². The smallest absolute Gasteiger partial charge is 0.141 e. The number of benzene rings is 1. The summed E-state index contributed by atoms with van der Waals surface area (Å²) in [5.41, 5.74) is 6.36. The van der Waals surface area contributed by atoms with Crippen molar-refractivity contribution >= 4 is 11.6 Å². The van der Waals surface area contributed by atoms with E-state index in [1.165, 1.54) is 25.0 Å². The van der Waals surface area contributed by atoms with E-state index in [1.807, 2.05) is 0 Å². The quantitative estimate of drug-likeness (QED) is 0.843. The molecule has 1 fully saturated rings. The van der Waals surface area contributed by atoms with Crippen LogP contribution in [-0.4, -0.2) is 11.7 Å². The fourth-order valence-corrected chi connectivity index (χ4v) is 3.76. The molecule has 0 radical (unpaired) electrons. The Labute approximate surface area is 131 Å². The predicted octanol–water partition coefficient (Wildman–Crippen LogP) is 4.45. The molecule has 2 nitrogen and oxygen atoms in total. The molecule has 21 heavy (non-hydrogen) atoms. The van der Waals surface area contributed by atoms with Crippen LogP contribution in [0.5, 0.6) is 0 Å². The lowest BCUT2D eigenvalue weighted by molar-refractivity contribution is -0.0108. The van der Waals surface area contributed by atoms with E-state index >= 15 is 0 Å². The molecule has 1 aliphatic carbocycles. The van der Waals surface area contributed by atoms with E-state index in [-0.39, 0.29) is 10.4 Å². The summed E-state index contributed by atoms with van der Waals surface area (Å²) in [6.45, 7) is 2.65. The highest BCUT2D eigenvalue weighted by atomic mass is 35.5. The van der Waals surface area contributed by atoms with Crippen molar-refractivity contribution in [3.8, 4) is 0 Å². The summed E-state index contributed by atoms with van der Waals surface area (Å²) in [6, 6.07) is 4.45. The highest BCUT2D eigenvalue weighted by Gasteiger charge is 2.40. The number of hydrogen-bond acceptors (Lipinski definition) is 2. The molecule has 0 spiro atoms. The Bertz CT molecular complexity index is 472. The zero-order valence-corrected chi connectivity index (χ0v) is 13.4. The molecule has 0 aromatic heterocycles. The summed E-state index contributed by atoms with van der Waals surface area (Å²) in [6.07, 6.45) is 5.83. The van der Waals surface area contributed by atoms with Crippen molar-refractivity contribution in [2.75, 3.05) is 6.54 Å². The number of rotatable bonds is 5. The van der Waals surface area contributed by atoms with Crippen LogP contribution in [0.2, 0.25) is 5.02 Å². The zero-order chi connectivity index (χ0) is 15.5. The molecule has 0 heterocycles. The van der Waals surface area contributed by atoms with Crippen molar-refractivity contribution in [1.29, 1.82) is 0 Å². The largest absolute Gasteiger partial charge is 0.388 e. The first kappa shape index (κ1) is 16.7. The molecule has 0 aliphatic heterocycles. The van der Waals surface area contributed by atoms with Crippen LogP contribution in [0.1, 0.15) is 57.1 Å². The zero-order valence-electron chi connectivity index (χ0n) is 12.6. The second kappa shape index (κ2) is 7.08. The van der Waals surface area contributed by atoms with Crippen molar-refractivity contribution < 1.29 is 9.50 Å². The van der Waals surface area contributed by atoms with Crippen molar-refractivity contribution in [3.63, 3.8) is 0 Å². The molecule has 1 aromatic carbocycles. The summed E-state index contributed by atoms with van der Waals surface area (Å²) >= 11 is 5.83. The van der Waals surface area contributed by atoms with Crippen molar-refractivity contribution in [1.82, 2.24) is 0 Å². The third kappa shape index (κ3) is 3.58. The minimum absolute atomic E-state index is 0.0541. The molecule has 118 valence electrons. The molecule has 1 saturated carbocycles. The van der Waals surface area contributed by atoms with Gasteiger partial charge in [-0.05, 0) is 49.3 Å². The van der Waals surface area contributed by atoms with Crippen LogP contribution in [0.15, 0.2) is 18.2 Å². The lowest BCUT2D eigenvalue weighted by Crippen LogP contribution is -2.40. The van der Waals surface area contributed by atoms with E-state index in [2.05, 4.69) is 6.92 Å². The minimum Gasteiger partial charge on any atom is -0.388 e. The predicted molar refractivity (Wildman–Crippen MR) is 84.7 cm³/mol. The van der Waals surface area contributed by atoms with Gasteiger partial charge in [0.05, 0.1) is 11.1 Å². The number of aliphatic hydroxyl groups is 1. The van der Waals surface area contributed by atoms with Crippen molar-refractivity contribution in [2.45, 2.75) is 51.6 Å². The second-order valence-electron chi connectivity index (χ2n) is 6.37. The maximum Gasteiger partial charge on any atom is 0.141 e. The van der Waals surface area contributed by atoms with Gasteiger partial charge in [-0.15, -0.1) is 0 Å². The standard InChI is InChI=1S/C17H25ClFNO/c1-2-3-12-6-8-17(11-20,9-7-12)16(21)13-4-5-15(19)14(18)10-13/h4-5,10,12,16,21H,2-3,6-9,11,20H2,1H3. The van der Waals surface area contributed by atoms with Crippen LogP contribution in [0.3, 0.4) is 0 Å². The fraction of sp³-hybridized carbons (Fsp3) is 0.647. The first-order valence-electron chi connectivity index (χ1n) is 7.85.